The Morgan fingerprint density at radius 2 is 1.90 bits per heavy atom. The number of amides is 2. The molecule has 0 aliphatic rings. The monoisotopic (exact) mass is 324 g/mol. The topological polar surface area (TPSA) is 61.4 Å². The van der Waals surface area contributed by atoms with Crippen LogP contribution in [0.1, 0.15) is 18.6 Å². The predicted octanol–water partition coefficient (Wildman–Crippen LogP) is 4.69. The van der Waals surface area contributed by atoms with Crippen LogP contribution in [0.2, 0.25) is 10.0 Å². The molecule has 21 heavy (non-hydrogen) atoms. The minimum atomic E-state index is -0.600. The van der Waals surface area contributed by atoms with Crippen molar-refractivity contribution in [3.05, 3.63) is 58.1 Å². The Bertz CT molecular complexity index is 660. The maximum atomic E-state index is 11.9. The lowest BCUT2D eigenvalue weighted by Gasteiger charge is -2.11. The van der Waals surface area contributed by atoms with Crippen LogP contribution in [0.15, 0.2) is 42.5 Å². The minimum Gasteiger partial charge on any atom is -0.389 e. The molecule has 1 unspecified atom stereocenters. The van der Waals surface area contributed by atoms with Crippen LogP contribution in [0, 0.1) is 0 Å². The fourth-order valence-corrected chi connectivity index (χ4v) is 2.09. The first-order valence-corrected chi connectivity index (χ1v) is 7.02. The van der Waals surface area contributed by atoms with E-state index in [-0.39, 0.29) is 0 Å². The lowest BCUT2D eigenvalue weighted by Crippen LogP contribution is -2.19. The molecule has 0 aliphatic heterocycles. The Morgan fingerprint density at radius 1 is 1.14 bits per heavy atom. The van der Waals surface area contributed by atoms with Crippen LogP contribution in [0.3, 0.4) is 0 Å². The van der Waals surface area contributed by atoms with Crippen molar-refractivity contribution >= 4 is 40.6 Å². The Hall–Kier alpha value is -1.75. The summed E-state index contributed by atoms with van der Waals surface area (Å²) in [5.41, 5.74) is 1.71. The van der Waals surface area contributed by atoms with E-state index in [0.717, 1.165) is 0 Å². The van der Waals surface area contributed by atoms with Gasteiger partial charge < -0.3 is 15.7 Å². The van der Waals surface area contributed by atoms with Gasteiger partial charge in [0.15, 0.2) is 0 Å². The Labute approximate surface area is 132 Å². The van der Waals surface area contributed by atoms with Crippen LogP contribution in [-0.2, 0) is 0 Å². The molecular formula is C15H14Cl2N2O2. The Kier molecular flexibility index (Phi) is 5.07. The van der Waals surface area contributed by atoms with E-state index in [1.807, 2.05) is 0 Å². The number of aliphatic hydroxyl groups excluding tert-OH is 1. The fourth-order valence-electron chi connectivity index (χ4n) is 1.75. The summed E-state index contributed by atoms with van der Waals surface area (Å²) in [5, 5.41) is 15.7. The van der Waals surface area contributed by atoms with Crippen LogP contribution in [-0.4, -0.2) is 11.1 Å². The highest BCUT2D eigenvalue weighted by atomic mass is 35.5. The summed E-state index contributed by atoms with van der Waals surface area (Å²) < 4.78 is 0. The van der Waals surface area contributed by atoms with Gasteiger partial charge in [0.05, 0.1) is 16.8 Å². The van der Waals surface area contributed by atoms with Crippen molar-refractivity contribution in [2.75, 3.05) is 10.6 Å². The van der Waals surface area contributed by atoms with E-state index in [9.17, 15) is 9.90 Å². The Morgan fingerprint density at radius 3 is 2.62 bits per heavy atom. The number of carbonyl (C=O) groups excluding carboxylic acids is 1. The molecule has 2 aromatic carbocycles. The van der Waals surface area contributed by atoms with E-state index in [2.05, 4.69) is 10.6 Å². The van der Waals surface area contributed by atoms with Crippen LogP contribution < -0.4 is 10.6 Å². The van der Waals surface area contributed by atoms with E-state index in [0.29, 0.717) is 27.0 Å². The SMILES string of the molecule is CC(O)c1cccc(NC(=O)Nc2cc(Cl)ccc2Cl)c1. The second kappa shape index (κ2) is 6.80. The summed E-state index contributed by atoms with van der Waals surface area (Å²) in [7, 11) is 0. The van der Waals surface area contributed by atoms with Gasteiger partial charge in [0.25, 0.3) is 0 Å². The molecule has 0 aromatic heterocycles. The largest absolute Gasteiger partial charge is 0.389 e. The average molecular weight is 325 g/mol. The van der Waals surface area contributed by atoms with Crippen molar-refractivity contribution in [3.63, 3.8) is 0 Å². The number of benzene rings is 2. The molecule has 0 heterocycles. The summed E-state index contributed by atoms with van der Waals surface area (Å²) in [6, 6.07) is 11.3. The number of aliphatic hydroxyl groups is 1. The molecule has 110 valence electrons. The molecule has 3 N–H and O–H groups in total. The first-order chi connectivity index (χ1) is 9.95. The smallest absolute Gasteiger partial charge is 0.323 e. The molecule has 4 nitrogen and oxygen atoms in total. The number of anilines is 2. The van der Waals surface area contributed by atoms with E-state index < -0.39 is 12.1 Å². The summed E-state index contributed by atoms with van der Waals surface area (Å²) >= 11 is 11.8. The molecule has 1 atom stereocenters. The van der Waals surface area contributed by atoms with Gasteiger partial charge in [-0.1, -0.05) is 35.3 Å². The molecule has 0 fully saturated rings. The van der Waals surface area contributed by atoms with E-state index >= 15 is 0 Å². The maximum Gasteiger partial charge on any atom is 0.323 e. The average Bonchev–Trinajstić information content (AvgIpc) is 2.43. The van der Waals surface area contributed by atoms with Gasteiger partial charge in [-0.3, -0.25) is 0 Å². The standard InChI is InChI=1S/C15H14Cl2N2O2/c1-9(20)10-3-2-4-12(7-10)18-15(21)19-14-8-11(16)5-6-13(14)17/h2-9,20H,1H3,(H2,18,19,21). The molecule has 0 aliphatic carbocycles. The third-order valence-electron chi connectivity index (χ3n) is 2.80. The number of halogens is 2. The van der Waals surface area contributed by atoms with E-state index in [4.69, 9.17) is 23.2 Å². The van der Waals surface area contributed by atoms with Gasteiger partial charge in [-0.05, 0) is 42.8 Å². The van der Waals surface area contributed by atoms with Gasteiger partial charge in [0.1, 0.15) is 0 Å². The molecule has 2 aromatic rings. The molecule has 0 spiro atoms. The molecule has 6 heteroatoms. The molecule has 0 saturated carbocycles. The zero-order valence-electron chi connectivity index (χ0n) is 11.2. The normalized spacial score (nSPS) is 11.8. The summed E-state index contributed by atoms with van der Waals surface area (Å²) in [6.07, 6.45) is -0.600. The van der Waals surface area contributed by atoms with E-state index in [1.54, 1.807) is 49.4 Å². The second-order valence-corrected chi connectivity index (χ2v) is 5.35. The number of nitrogens with one attached hydrogen (secondary N) is 2. The molecule has 0 saturated heterocycles. The zero-order valence-corrected chi connectivity index (χ0v) is 12.7. The molecular weight excluding hydrogens is 311 g/mol. The highest BCUT2D eigenvalue weighted by Gasteiger charge is 2.08. The van der Waals surface area contributed by atoms with Gasteiger partial charge in [-0.25, -0.2) is 4.79 Å². The van der Waals surface area contributed by atoms with Crippen LogP contribution in [0.25, 0.3) is 0 Å². The molecule has 0 radical (unpaired) electrons. The lowest BCUT2D eigenvalue weighted by atomic mass is 10.1. The third kappa shape index (κ3) is 4.36. The Balaban J connectivity index is 2.08. The van der Waals surface area contributed by atoms with Crippen LogP contribution in [0.5, 0.6) is 0 Å². The highest BCUT2D eigenvalue weighted by Crippen LogP contribution is 2.25. The third-order valence-corrected chi connectivity index (χ3v) is 3.37. The molecule has 0 bridgehead atoms. The first-order valence-electron chi connectivity index (χ1n) is 6.27. The van der Waals surface area contributed by atoms with Crippen molar-refractivity contribution in [1.29, 1.82) is 0 Å². The van der Waals surface area contributed by atoms with Crippen LogP contribution >= 0.6 is 23.2 Å². The molecule has 2 rings (SSSR count). The number of hydrogen-bond donors (Lipinski definition) is 3. The van der Waals surface area contributed by atoms with Crippen LogP contribution in [0.4, 0.5) is 16.2 Å². The predicted molar refractivity (Wildman–Crippen MR) is 86.2 cm³/mol. The molecule has 2 amide bonds. The lowest BCUT2D eigenvalue weighted by molar-refractivity contribution is 0.199. The van der Waals surface area contributed by atoms with Gasteiger partial charge in [0.2, 0.25) is 0 Å². The second-order valence-electron chi connectivity index (χ2n) is 4.50. The highest BCUT2D eigenvalue weighted by molar-refractivity contribution is 6.35. The number of urea groups is 1. The van der Waals surface area contributed by atoms with Crippen molar-refractivity contribution in [3.8, 4) is 0 Å². The van der Waals surface area contributed by atoms with Crippen molar-refractivity contribution in [2.24, 2.45) is 0 Å². The quantitative estimate of drug-likeness (QED) is 0.766. The maximum absolute atomic E-state index is 11.9. The van der Waals surface area contributed by atoms with Gasteiger partial charge in [-0.2, -0.15) is 0 Å². The summed E-state index contributed by atoms with van der Waals surface area (Å²) in [6.45, 7) is 1.66. The van der Waals surface area contributed by atoms with Crippen molar-refractivity contribution < 1.29 is 9.90 Å². The summed E-state index contributed by atoms with van der Waals surface area (Å²) in [4.78, 5) is 11.9. The van der Waals surface area contributed by atoms with Gasteiger partial charge in [0, 0.05) is 10.7 Å². The van der Waals surface area contributed by atoms with Gasteiger partial charge >= 0.3 is 6.03 Å². The summed E-state index contributed by atoms with van der Waals surface area (Å²) in [5.74, 6) is 0. The van der Waals surface area contributed by atoms with Gasteiger partial charge in [-0.15, -0.1) is 0 Å². The number of carbonyl (C=O) groups is 1. The minimum absolute atomic E-state index is 0.396. The number of rotatable bonds is 3. The van der Waals surface area contributed by atoms with E-state index in [1.165, 1.54) is 0 Å². The van der Waals surface area contributed by atoms with Crippen molar-refractivity contribution in [2.45, 2.75) is 13.0 Å². The first kappa shape index (κ1) is 15.6. The number of hydrogen-bond acceptors (Lipinski definition) is 2. The van der Waals surface area contributed by atoms with Crippen molar-refractivity contribution in [1.82, 2.24) is 0 Å². The zero-order chi connectivity index (χ0) is 15.4. The fraction of sp³-hybridized carbons (Fsp3) is 0.133.